The van der Waals surface area contributed by atoms with Crippen LogP contribution < -0.4 is 10.1 Å². The minimum absolute atomic E-state index is 0.0270. The van der Waals surface area contributed by atoms with Gasteiger partial charge in [0.2, 0.25) is 4.74 Å². The van der Waals surface area contributed by atoms with Crippen LogP contribution in [0.15, 0.2) is 53.5 Å². The van der Waals surface area contributed by atoms with E-state index in [1.807, 2.05) is 0 Å². The van der Waals surface area contributed by atoms with Crippen molar-refractivity contribution in [2.45, 2.75) is 6.18 Å². The maximum absolute atomic E-state index is 12.5. The maximum Gasteiger partial charge on any atom is 0.417 e. The Kier molecular flexibility index (Phi) is 4.06. The molecule has 2 heterocycles. The summed E-state index contributed by atoms with van der Waals surface area (Å²) >= 11 is 0.766. The molecular weight excluding hydrogens is 341 g/mol. The van der Waals surface area contributed by atoms with Gasteiger partial charge in [-0.25, -0.2) is 4.98 Å². The third kappa shape index (κ3) is 3.28. The predicted octanol–water partition coefficient (Wildman–Crippen LogP) is 3.93. The molecule has 0 fully saturated rings. The van der Waals surface area contributed by atoms with E-state index < -0.39 is 17.6 Å². The highest BCUT2D eigenvalue weighted by molar-refractivity contribution is 7.12. The van der Waals surface area contributed by atoms with E-state index in [9.17, 15) is 22.8 Å². The average Bonchev–Trinajstić information content (AvgIpc) is 2.54. The van der Waals surface area contributed by atoms with Crippen molar-refractivity contribution in [3.63, 3.8) is 0 Å². The third-order valence-corrected chi connectivity index (χ3v) is 4.15. The lowest BCUT2D eigenvalue weighted by Gasteiger charge is -2.08. The fourth-order valence-corrected chi connectivity index (χ4v) is 2.88. The Morgan fingerprint density at radius 3 is 2.54 bits per heavy atom. The topological polar surface area (TPSA) is 59.1 Å². The molecule has 0 aliphatic heterocycles. The van der Waals surface area contributed by atoms with Gasteiger partial charge in [0, 0.05) is 11.6 Å². The predicted molar refractivity (Wildman–Crippen MR) is 85.3 cm³/mol. The number of nitrogens with zero attached hydrogens (tertiary/aromatic N) is 1. The summed E-state index contributed by atoms with van der Waals surface area (Å²) in [5, 5.41) is 3.51. The van der Waals surface area contributed by atoms with Gasteiger partial charge in [-0.1, -0.05) is 29.5 Å². The van der Waals surface area contributed by atoms with Gasteiger partial charge < -0.3 is 5.32 Å². The highest BCUT2D eigenvalue weighted by Gasteiger charge is 2.30. The Morgan fingerprint density at radius 1 is 1.12 bits per heavy atom. The normalized spacial score (nSPS) is 11.5. The van der Waals surface area contributed by atoms with E-state index in [0.29, 0.717) is 17.0 Å². The highest BCUT2D eigenvalue weighted by Crippen LogP contribution is 2.29. The van der Waals surface area contributed by atoms with Gasteiger partial charge in [0.1, 0.15) is 5.82 Å². The van der Waals surface area contributed by atoms with Crippen molar-refractivity contribution < 1.29 is 18.0 Å². The first-order valence-corrected chi connectivity index (χ1v) is 7.54. The first-order chi connectivity index (χ1) is 11.3. The largest absolute Gasteiger partial charge is 0.417 e. The molecule has 0 saturated carbocycles. The minimum Gasteiger partial charge on any atom is -0.306 e. The monoisotopic (exact) mass is 350 g/mol. The molecule has 1 N–H and O–H groups in total. The van der Waals surface area contributed by atoms with Gasteiger partial charge in [0.05, 0.1) is 10.4 Å². The van der Waals surface area contributed by atoms with Crippen LogP contribution in [0.3, 0.4) is 0 Å². The number of amides is 1. The first-order valence-electron chi connectivity index (χ1n) is 6.72. The number of anilines is 1. The number of aromatic nitrogens is 1. The molecule has 0 radical (unpaired) electrons. The van der Waals surface area contributed by atoms with Crippen LogP contribution in [0, 0.1) is 0 Å². The number of carbonyl (C=O) groups is 1. The van der Waals surface area contributed by atoms with Gasteiger partial charge >= 0.3 is 6.18 Å². The quantitative estimate of drug-likeness (QED) is 0.762. The molecule has 0 spiro atoms. The van der Waals surface area contributed by atoms with Gasteiger partial charge in [-0.15, -0.1) is 0 Å². The number of rotatable bonds is 2. The lowest BCUT2D eigenvalue weighted by Crippen LogP contribution is -2.14. The summed E-state index contributed by atoms with van der Waals surface area (Å²) in [4.78, 5) is 27.9. The number of benzene rings is 1. The van der Waals surface area contributed by atoms with Gasteiger partial charge in [0.15, 0.2) is 0 Å². The van der Waals surface area contributed by atoms with Crippen molar-refractivity contribution in [1.29, 1.82) is 0 Å². The van der Waals surface area contributed by atoms with Gasteiger partial charge in [-0.05, 0) is 29.7 Å². The highest BCUT2D eigenvalue weighted by atomic mass is 32.1. The molecule has 0 aliphatic rings. The number of alkyl halides is 3. The minimum atomic E-state index is -4.49. The molecule has 3 rings (SSSR count). The van der Waals surface area contributed by atoms with Gasteiger partial charge in [-0.3, -0.25) is 9.59 Å². The van der Waals surface area contributed by atoms with Crippen LogP contribution in [-0.4, -0.2) is 10.9 Å². The second-order valence-electron chi connectivity index (χ2n) is 4.87. The van der Waals surface area contributed by atoms with Gasteiger partial charge in [0.25, 0.3) is 5.91 Å². The second-order valence-corrected chi connectivity index (χ2v) is 5.88. The first kappa shape index (κ1) is 16.1. The Hall–Kier alpha value is -2.74. The standard InChI is InChI=1S/C16H9F3N2O2S/c17-16(18,19)10-5-6-13(20-8-10)21-14(22)12-7-9-3-1-2-4-11(9)15(23)24-12/h1-8H,(H,20,21,22). The zero-order chi connectivity index (χ0) is 17.3. The van der Waals surface area contributed by atoms with Crippen LogP contribution in [0.4, 0.5) is 19.0 Å². The number of hydrogen-bond acceptors (Lipinski definition) is 4. The zero-order valence-electron chi connectivity index (χ0n) is 11.9. The molecular formula is C16H9F3N2O2S. The van der Waals surface area contributed by atoms with E-state index >= 15 is 0 Å². The molecule has 3 aromatic rings. The summed E-state index contributed by atoms with van der Waals surface area (Å²) < 4.78 is 37.2. The third-order valence-electron chi connectivity index (χ3n) is 3.23. The summed E-state index contributed by atoms with van der Waals surface area (Å²) in [7, 11) is 0. The number of hydrogen-bond donors (Lipinski definition) is 1. The summed E-state index contributed by atoms with van der Waals surface area (Å²) in [6, 6.07) is 10.3. The fraction of sp³-hybridized carbons (Fsp3) is 0.0625. The van der Waals surface area contributed by atoms with E-state index in [0.717, 1.165) is 23.5 Å². The smallest absolute Gasteiger partial charge is 0.306 e. The molecule has 24 heavy (non-hydrogen) atoms. The van der Waals surface area contributed by atoms with Crippen molar-refractivity contribution in [2.75, 3.05) is 5.32 Å². The Bertz CT molecular complexity index is 965. The molecule has 1 amide bonds. The molecule has 4 nitrogen and oxygen atoms in total. The molecule has 0 aliphatic carbocycles. The van der Waals surface area contributed by atoms with Crippen molar-refractivity contribution in [3.8, 4) is 0 Å². The molecule has 0 bridgehead atoms. The molecule has 0 atom stereocenters. The van der Waals surface area contributed by atoms with E-state index in [1.54, 1.807) is 30.3 Å². The Morgan fingerprint density at radius 2 is 1.88 bits per heavy atom. The number of nitrogens with one attached hydrogen (secondary N) is 1. The Labute approximate surface area is 137 Å². The number of fused-ring (bicyclic) bond motifs is 1. The molecule has 1 aromatic carbocycles. The summed E-state index contributed by atoms with van der Waals surface area (Å²) in [5.74, 6) is -0.629. The molecule has 0 unspecified atom stereocenters. The van der Waals surface area contributed by atoms with E-state index in [1.165, 1.54) is 0 Å². The van der Waals surface area contributed by atoms with Crippen LogP contribution in [-0.2, 0) is 6.18 Å². The maximum atomic E-state index is 12.5. The summed E-state index contributed by atoms with van der Waals surface area (Å²) in [6.45, 7) is 0. The van der Waals surface area contributed by atoms with Crippen LogP contribution in [0.1, 0.15) is 15.2 Å². The van der Waals surface area contributed by atoms with Crippen LogP contribution >= 0.6 is 11.3 Å². The summed E-state index contributed by atoms with van der Waals surface area (Å²) in [6.07, 6.45) is -3.86. The second kappa shape index (κ2) is 6.04. The van der Waals surface area contributed by atoms with E-state index in [2.05, 4.69) is 10.3 Å². The average molecular weight is 350 g/mol. The van der Waals surface area contributed by atoms with Crippen LogP contribution in [0.25, 0.3) is 10.8 Å². The zero-order valence-corrected chi connectivity index (χ0v) is 12.7. The SMILES string of the molecule is O=C(Nc1ccc(C(F)(F)F)cn1)c1cc2ccccc2c(=O)s1. The van der Waals surface area contributed by atoms with E-state index in [-0.39, 0.29) is 15.4 Å². The van der Waals surface area contributed by atoms with Crippen molar-refractivity contribution >= 4 is 33.8 Å². The molecule has 0 saturated heterocycles. The molecule has 8 heteroatoms. The molecule has 122 valence electrons. The number of pyridine rings is 1. The van der Waals surface area contributed by atoms with Crippen molar-refractivity contribution in [3.05, 3.63) is 68.6 Å². The van der Waals surface area contributed by atoms with Crippen molar-refractivity contribution in [2.24, 2.45) is 0 Å². The van der Waals surface area contributed by atoms with E-state index in [4.69, 9.17) is 0 Å². The van der Waals surface area contributed by atoms with Crippen LogP contribution in [0.5, 0.6) is 0 Å². The lowest BCUT2D eigenvalue weighted by atomic mass is 10.2. The number of halogens is 3. The lowest BCUT2D eigenvalue weighted by molar-refractivity contribution is -0.137. The van der Waals surface area contributed by atoms with Crippen LogP contribution in [0.2, 0.25) is 0 Å². The van der Waals surface area contributed by atoms with Crippen molar-refractivity contribution in [1.82, 2.24) is 4.98 Å². The van der Waals surface area contributed by atoms with Gasteiger partial charge in [-0.2, -0.15) is 13.2 Å². The Balaban J connectivity index is 1.86. The number of carbonyl (C=O) groups excluding carboxylic acids is 1. The molecule has 2 aromatic heterocycles. The fourth-order valence-electron chi connectivity index (χ4n) is 2.06. The summed E-state index contributed by atoms with van der Waals surface area (Å²) in [5.41, 5.74) is -0.907.